The van der Waals surface area contributed by atoms with Crippen LogP contribution in [0.1, 0.15) is 11.1 Å². The van der Waals surface area contributed by atoms with Crippen molar-refractivity contribution in [2.75, 3.05) is 5.75 Å². The van der Waals surface area contributed by atoms with Crippen LogP contribution < -0.4 is 10.9 Å². The maximum absolute atomic E-state index is 13.3. The highest BCUT2D eigenvalue weighted by Crippen LogP contribution is 2.24. The van der Waals surface area contributed by atoms with E-state index in [-0.39, 0.29) is 41.9 Å². The normalized spacial score (nSPS) is 11.4. The molecule has 2 aromatic carbocycles. The molecule has 3 aromatic heterocycles. The second-order valence-electron chi connectivity index (χ2n) is 7.46. The highest BCUT2D eigenvalue weighted by molar-refractivity contribution is 7.99. The van der Waals surface area contributed by atoms with Gasteiger partial charge >= 0.3 is 0 Å². The molecular weight excluding hydrogens is 480 g/mol. The largest absolute Gasteiger partial charge is 0.351 e. The van der Waals surface area contributed by atoms with Gasteiger partial charge in [-0.1, -0.05) is 36.0 Å². The van der Waals surface area contributed by atoms with E-state index >= 15 is 0 Å². The molecular formula is C23H17F2N5O2S2. The third kappa shape index (κ3) is 4.44. The lowest BCUT2D eigenvalue weighted by atomic mass is 10.2. The van der Waals surface area contributed by atoms with Gasteiger partial charge in [0, 0.05) is 6.54 Å². The zero-order valence-electron chi connectivity index (χ0n) is 17.6. The molecule has 0 saturated heterocycles. The summed E-state index contributed by atoms with van der Waals surface area (Å²) in [7, 11) is 0. The van der Waals surface area contributed by atoms with Crippen LogP contribution in [0.25, 0.3) is 16.0 Å². The zero-order valence-corrected chi connectivity index (χ0v) is 19.2. The van der Waals surface area contributed by atoms with Crippen LogP contribution in [-0.4, -0.2) is 30.8 Å². The van der Waals surface area contributed by atoms with Crippen molar-refractivity contribution in [1.82, 2.24) is 24.5 Å². The van der Waals surface area contributed by atoms with Crippen molar-refractivity contribution in [2.24, 2.45) is 0 Å². The molecule has 0 aliphatic heterocycles. The molecule has 0 aliphatic rings. The first kappa shape index (κ1) is 22.2. The topological polar surface area (TPSA) is 81.3 Å². The van der Waals surface area contributed by atoms with Gasteiger partial charge in [0.1, 0.15) is 16.3 Å². The summed E-state index contributed by atoms with van der Waals surface area (Å²) in [5, 5.41) is 13.5. The number of aromatic nitrogens is 4. The van der Waals surface area contributed by atoms with Gasteiger partial charge in [0.2, 0.25) is 11.7 Å². The first-order valence-corrected chi connectivity index (χ1v) is 12.1. The summed E-state index contributed by atoms with van der Waals surface area (Å²) in [6, 6.07) is 13.7. The molecule has 0 aliphatic carbocycles. The fourth-order valence-electron chi connectivity index (χ4n) is 3.49. The lowest BCUT2D eigenvalue weighted by molar-refractivity contribution is -0.118. The number of nitrogens with zero attached hydrogens (tertiary/aromatic N) is 4. The molecule has 0 radical (unpaired) electrons. The number of fused-ring (bicyclic) bond motifs is 3. The Balaban J connectivity index is 1.39. The Bertz CT molecular complexity index is 1540. The van der Waals surface area contributed by atoms with E-state index in [1.807, 2.05) is 11.4 Å². The lowest BCUT2D eigenvalue weighted by Gasteiger charge is -2.10. The van der Waals surface area contributed by atoms with Crippen LogP contribution >= 0.6 is 23.1 Å². The minimum Gasteiger partial charge on any atom is -0.351 e. The Morgan fingerprint density at radius 3 is 2.35 bits per heavy atom. The van der Waals surface area contributed by atoms with Crippen LogP contribution in [0.2, 0.25) is 0 Å². The van der Waals surface area contributed by atoms with Crippen molar-refractivity contribution in [1.29, 1.82) is 0 Å². The summed E-state index contributed by atoms with van der Waals surface area (Å²) in [6.07, 6.45) is 0. The maximum atomic E-state index is 13.3. The highest BCUT2D eigenvalue weighted by atomic mass is 32.2. The Labute approximate surface area is 200 Å². The van der Waals surface area contributed by atoms with Gasteiger partial charge in [0.05, 0.1) is 17.8 Å². The van der Waals surface area contributed by atoms with Gasteiger partial charge in [-0.25, -0.2) is 8.78 Å². The number of carbonyl (C=O) groups is 1. The summed E-state index contributed by atoms with van der Waals surface area (Å²) in [5.41, 5.74) is 2.00. The van der Waals surface area contributed by atoms with Crippen molar-refractivity contribution >= 4 is 45.0 Å². The maximum Gasteiger partial charge on any atom is 0.273 e. The smallest absolute Gasteiger partial charge is 0.273 e. The molecule has 34 heavy (non-hydrogen) atoms. The molecule has 0 unspecified atom stereocenters. The van der Waals surface area contributed by atoms with E-state index in [0.29, 0.717) is 21.2 Å². The van der Waals surface area contributed by atoms with Crippen LogP contribution in [0.4, 0.5) is 8.78 Å². The molecule has 172 valence electrons. The monoisotopic (exact) mass is 497 g/mol. The SMILES string of the molecule is O=C(CSc1nnc2n(Cc3ccc(F)cc3)c(=O)c3sccc3n12)NCc1ccc(F)cc1. The van der Waals surface area contributed by atoms with E-state index in [2.05, 4.69) is 15.5 Å². The van der Waals surface area contributed by atoms with Crippen molar-refractivity contribution in [3.8, 4) is 0 Å². The van der Waals surface area contributed by atoms with Crippen LogP contribution in [0.5, 0.6) is 0 Å². The fraction of sp³-hybridized carbons (Fsp3) is 0.130. The second-order valence-corrected chi connectivity index (χ2v) is 9.32. The second kappa shape index (κ2) is 9.35. The standard InChI is InChI=1S/C23H17F2N5O2S2/c24-16-5-1-14(2-6-16)11-26-19(31)13-34-23-28-27-22-29(12-15-3-7-17(25)8-4-15)21(32)20-18(30(22)23)9-10-33-20/h1-10H,11-13H2,(H,26,31). The Morgan fingerprint density at radius 2 is 1.65 bits per heavy atom. The molecule has 0 fully saturated rings. The summed E-state index contributed by atoms with van der Waals surface area (Å²) >= 11 is 2.51. The van der Waals surface area contributed by atoms with Gasteiger partial charge < -0.3 is 5.32 Å². The summed E-state index contributed by atoms with van der Waals surface area (Å²) in [4.78, 5) is 25.5. The molecule has 0 saturated carbocycles. The molecule has 7 nitrogen and oxygen atoms in total. The highest BCUT2D eigenvalue weighted by Gasteiger charge is 2.19. The fourth-order valence-corrected chi connectivity index (χ4v) is 5.09. The van der Waals surface area contributed by atoms with Crippen molar-refractivity contribution in [3.63, 3.8) is 0 Å². The Morgan fingerprint density at radius 1 is 0.971 bits per heavy atom. The van der Waals surface area contributed by atoms with E-state index in [9.17, 15) is 18.4 Å². The average molecular weight is 498 g/mol. The number of carbonyl (C=O) groups excluding carboxylic acids is 1. The van der Waals surface area contributed by atoms with Crippen molar-refractivity contribution in [2.45, 2.75) is 18.2 Å². The van der Waals surface area contributed by atoms with Gasteiger partial charge in [0.15, 0.2) is 5.16 Å². The minimum absolute atomic E-state index is 0.0880. The van der Waals surface area contributed by atoms with E-state index in [1.54, 1.807) is 28.7 Å². The number of nitrogens with one attached hydrogen (secondary N) is 1. The molecule has 5 rings (SSSR count). The molecule has 3 heterocycles. The number of hydrogen-bond acceptors (Lipinski definition) is 6. The quantitative estimate of drug-likeness (QED) is 0.346. The van der Waals surface area contributed by atoms with Crippen molar-refractivity contribution in [3.05, 3.63) is 93.1 Å². The Kier molecular flexibility index (Phi) is 6.12. The van der Waals surface area contributed by atoms with Gasteiger partial charge in [-0.05, 0) is 46.8 Å². The predicted molar refractivity (Wildman–Crippen MR) is 127 cm³/mol. The first-order valence-electron chi connectivity index (χ1n) is 10.2. The minimum atomic E-state index is -0.353. The molecule has 1 amide bonds. The number of rotatable bonds is 7. The number of halogens is 2. The van der Waals surface area contributed by atoms with E-state index in [0.717, 1.165) is 11.1 Å². The number of thiophene rings is 1. The van der Waals surface area contributed by atoms with Crippen LogP contribution in [0, 0.1) is 11.6 Å². The van der Waals surface area contributed by atoms with Crippen LogP contribution in [0.3, 0.4) is 0 Å². The molecule has 0 atom stereocenters. The predicted octanol–water partition coefficient (Wildman–Crippen LogP) is 3.84. The molecule has 1 N–H and O–H groups in total. The molecule has 11 heteroatoms. The van der Waals surface area contributed by atoms with Gasteiger partial charge in [-0.3, -0.25) is 18.6 Å². The number of hydrogen-bond donors (Lipinski definition) is 1. The molecule has 0 spiro atoms. The summed E-state index contributed by atoms with van der Waals surface area (Å²) < 4.78 is 30.1. The number of thioether (sulfide) groups is 1. The number of benzene rings is 2. The third-order valence-corrected chi connectivity index (χ3v) is 6.99. The van der Waals surface area contributed by atoms with Gasteiger partial charge in [0.25, 0.3) is 5.56 Å². The molecule has 5 aromatic rings. The van der Waals surface area contributed by atoms with E-state index < -0.39 is 0 Å². The van der Waals surface area contributed by atoms with Crippen molar-refractivity contribution < 1.29 is 13.6 Å². The third-order valence-electron chi connectivity index (χ3n) is 5.17. The lowest BCUT2D eigenvalue weighted by Crippen LogP contribution is -2.25. The molecule has 0 bridgehead atoms. The summed E-state index contributed by atoms with van der Waals surface area (Å²) in [6.45, 7) is 0.490. The summed E-state index contributed by atoms with van der Waals surface area (Å²) in [5.74, 6) is -0.470. The number of amides is 1. The van der Waals surface area contributed by atoms with Crippen LogP contribution in [0.15, 0.2) is 69.9 Å². The average Bonchev–Trinajstić information content (AvgIpc) is 3.48. The van der Waals surface area contributed by atoms with Gasteiger partial charge in [-0.2, -0.15) is 0 Å². The zero-order chi connectivity index (χ0) is 23.7. The van der Waals surface area contributed by atoms with Crippen LogP contribution in [-0.2, 0) is 17.9 Å². The van der Waals surface area contributed by atoms with E-state index in [4.69, 9.17) is 0 Å². The Hall–Kier alpha value is -3.57. The van der Waals surface area contributed by atoms with Gasteiger partial charge in [-0.15, -0.1) is 21.5 Å². The first-order chi connectivity index (χ1) is 16.5. The van der Waals surface area contributed by atoms with E-state index in [1.165, 1.54) is 51.9 Å².